The summed E-state index contributed by atoms with van der Waals surface area (Å²) in [6, 6.07) is 3.26. The Hall–Kier alpha value is -2.50. The standard InChI is InChI=1S/C15H17NO5/c1-4-20-12-7-9(19-3)6-10-13(12)16-8-11(14(10)17)15(18)21-5-2/h6-8H,4-5H2,1-3H3,(H,16,17). The molecule has 0 saturated heterocycles. The van der Waals surface area contributed by atoms with E-state index in [4.69, 9.17) is 14.2 Å². The summed E-state index contributed by atoms with van der Waals surface area (Å²) < 4.78 is 15.5. The van der Waals surface area contributed by atoms with Gasteiger partial charge in [0.25, 0.3) is 0 Å². The molecule has 0 saturated carbocycles. The average molecular weight is 291 g/mol. The number of H-pyrrole nitrogens is 1. The zero-order valence-corrected chi connectivity index (χ0v) is 12.2. The molecular formula is C15H17NO5. The highest BCUT2D eigenvalue weighted by Crippen LogP contribution is 2.28. The van der Waals surface area contributed by atoms with Crippen molar-refractivity contribution < 1.29 is 19.0 Å². The molecule has 0 amide bonds. The molecule has 1 aromatic carbocycles. The molecule has 2 rings (SSSR count). The maximum Gasteiger partial charge on any atom is 0.343 e. The number of ether oxygens (including phenoxy) is 3. The smallest absolute Gasteiger partial charge is 0.343 e. The van der Waals surface area contributed by atoms with E-state index in [0.29, 0.717) is 29.0 Å². The first-order valence-corrected chi connectivity index (χ1v) is 6.65. The molecule has 0 unspecified atom stereocenters. The first kappa shape index (κ1) is 14.9. The van der Waals surface area contributed by atoms with E-state index < -0.39 is 11.4 Å². The summed E-state index contributed by atoms with van der Waals surface area (Å²) in [5.41, 5.74) is 0.0674. The first-order valence-electron chi connectivity index (χ1n) is 6.65. The van der Waals surface area contributed by atoms with Crippen molar-refractivity contribution in [2.24, 2.45) is 0 Å². The highest BCUT2D eigenvalue weighted by molar-refractivity contribution is 5.95. The van der Waals surface area contributed by atoms with Crippen LogP contribution in [0.1, 0.15) is 24.2 Å². The van der Waals surface area contributed by atoms with Crippen molar-refractivity contribution in [3.8, 4) is 11.5 Å². The Kier molecular flexibility index (Phi) is 4.47. The van der Waals surface area contributed by atoms with Crippen molar-refractivity contribution in [3.05, 3.63) is 34.1 Å². The summed E-state index contributed by atoms with van der Waals surface area (Å²) in [5, 5.41) is 0.323. The number of fused-ring (bicyclic) bond motifs is 1. The maximum absolute atomic E-state index is 12.4. The fourth-order valence-corrected chi connectivity index (χ4v) is 2.02. The van der Waals surface area contributed by atoms with Gasteiger partial charge in [0, 0.05) is 12.3 Å². The number of nitrogens with one attached hydrogen (secondary N) is 1. The third-order valence-corrected chi connectivity index (χ3v) is 2.96. The van der Waals surface area contributed by atoms with Gasteiger partial charge in [-0.25, -0.2) is 4.79 Å². The van der Waals surface area contributed by atoms with Crippen LogP contribution in [-0.2, 0) is 4.74 Å². The molecule has 1 aromatic heterocycles. The van der Waals surface area contributed by atoms with Crippen LogP contribution in [0, 0.1) is 0 Å². The van der Waals surface area contributed by atoms with E-state index in [2.05, 4.69) is 4.98 Å². The summed E-state index contributed by atoms with van der Waals surface area (Å²) in [4.78, 5) is 27.1. The maximum atomic E-state index is 12.4. The van der Waals surface area contributed by atoms with Gasteiger partial charge in [-0.3, -0.25) is 4.79 Å². The Morgan fingerprint density at radius 2 is 2.00 bits per heavy atom. The lowest BCUT2D eigenvalue weighted by Crippen LogP contribution is -2.18. The monoisotopic (exact) mass is 291 g/mol. The zero-order chi connectivity index (χ0) is 15.4. The average Bonchev–Trinajstić information content (AvgIpc) is 2.48. The topological polar surface area (TPSA) is 77.6 Å². The van der Waals surface area contributed by atoms with Crippen LogP contribution in [0.4, 0.5) is 0 Å². The highest BCUT2D eigenvalue weighted by Gasteiger charge is 2.17. The first-order chi connectivity index (χ1) is 10.1. The van der Waals surface area contributed by atoms with Gasteiger partial charge < -0.3 is 19.2 Å². The van der Waals surface area contributed by atoms with Gasteiger partial charge in [0.2, 0.25) is 5.43 Å². The van der Waals surface area contributed by atoms with Gasteiger partial charge >= 0.3 is 5.97 Å². The fraction of sp³-hybridized carbons (Fsp3) is 0.333. The number of rotatable bonds is 5. The van der Waals surface area contributed by atoms with Crippen LogP contribution in [0.5, 0.6) is 11.5 Å². The molecule has 0 aliphatic rings. The molecule has 0 radical (unpaired) electrons. The van der Waals surface area contributed by atoms with Gasteiger partial charge in [-0.05, 0) is 19.9 Å². The predicted octanol–water partition coefficient (Wildman–Crippen LogP) is 2.11. The molecule has 0 aliphatic heterocycles. The molecule has 6 nitrogen and oxygen atoms in total. The Balaban J connectivity index is 2.68. The predicted molar refractivity (Wildman–Crippen MR) is 78.2 cm³/mol. The van der Waals surface area contributed by atoms with Crippen LogP contribution in [0.15, 0.2) is 23.1 Å². The zero-order valence-electron chi connectivity index (χ0n) is 12.2. The van der Waals surface area contributed by atoms with Gasteiger partial charge in [-0.1, -0.05) is 0 Å². The van der Waals surface area contributed by atoms with Crippen LogP contribution < -0.4 is 14.9 Å². The number of aromatic nitrogens is 1. The fourth-order valence-electron chi connectivity index (χ4n) is 2.02. The Morgan fingerprint density at radius 3 is 2.62 bits per heavy atom. The molecule has 2 aromatic rings. The molecule has 21 heavy (non-hydrogen) atoms. The van der Waals surface area contributed by atoms with Crippen LogP contribution in [0.3, 0.4) is 0 Å². The molecular weight excluding hydrogens is 274 g/mol. The van der Waals surface area contributed by atoms with Crippen molar-refractivity contribution in [1.82, 2.24) is 4.98 Å². The molecule has 1 heterocycles. The summed E-state index contributed by atoms with van der Waals surface area (Å²) in [5.74, 6) is 0.332. The Bertz CT molecular complexity index is 720. The van der Waals surface area contributed by atoms with Crippen molar-refractivity contribution in [1.29, 1.82) is 0 Å². The molecule has 112 valence electrons. The van der Waals surface area contributed by atoms with Gasteiger partial charge in [0.15, 0.2) is 0 Å². The van der Waals surface area contributed by atoms with E-state index in [1.165, 1.54) is 13.3 Å². The summed E-state index contributed by atoms with van der Waals surface area (Å²) in [7, 11) is 1.50. The van der Waals surface area contributed by atoms with Crippen LogP contribution in [0.2, 0.25) is 0 Å². The quantitative estimate of drug-likeness (QED) is 0.854. The Labute approximate surface area is 121 Å². The minimum atomic E-state index is -0.651. The van der Waals surface area contributed by atoms with Gasteiger partial charge in [0.05, 0.1) is 31.2 Å². The lowest BCUT2D eigenvalue weighted by molar-refractivity contribution is 0.0524. The third-order valence-electron chi connectivity index (χ3n) is 2.96. The molecule has 0 aliphatic carbocycles. The number of benzene rings is 1. The number of aromatic amines is 1. The van der Waals surface area contributed by atoms with Gasteiger partial charge in [-0.15, -0.1) is 0 Å². The minimum absolute atomic E-state index is 0.0416. The second-order valence-corrected chi connectivity index (χ2v) is 4.23. The number of pyridine rings is 1. The van der Waals surface area contributed by atoms with Crippen molar-refractivity contribution >= 4 is 16.9 Å². The van der Waals surface area contributed by atoms with E-state index in [9.17, 15) is 9.59 Å². The molecule has 0 spiro atoms. The van der Waals surface area contributed by atoms with Crippen molar-refractivity contribution in [2.45, 2.75) is 13.8 Å². The minimum Gasteiger partial charge on any atom is -0.497 e. The lowest BCUT2D eigenvalue weighted by atomic mass is 10.1. The van der Waals surface area contributed by atoms with E-state index in [1.54, 1.807) is 19.1 Å². The number of carbonyl (C=O) groups excluding carboxylic acids is 1. The molecule has 1 N–H and O–H groups in total. The number of carbonyl (C=O) groups is 1. The summed E-state index contributed by atoms with van der Waals surface area (Å²) in [6.45, 7) is 4.18. The third kappa shape index (κ3) is 2.84. The van der Waals surface area contributed by atoms with Crippen LogP contribution in [0.25, 0.3) is 10.9 Å². The largest absolute Gasteiger partial charge is 0.497 e. The SMILES string of the molecule is CCOC(=O)c1c[nH]c2c(OCC)cc(OC)cc2c1=O. The summed E-state index contributed by atoms with van der Waals surface area (Å²) >= 11 is 0. The molecule has 0 bridgehead atoms. The number of methoxy groups -OCH3 is 1. The van der Waals surface area contributed by atoms with Crippen LogP contribution >= 0.6 is 0 Å². The molecule has 0 fully saturated rings. The number of hydrogen-bond donors (Lipinski definition) is 1. The number of esters is 1. The van der Waals surface area contributed by atoms with E-state index in [0.717, 1.165) is 0 Å². The Morgan fingerprint density at radius 1 is 1.24 bits per heavy atom. The van der Waals surface area contributed by atoms with Crippen LogP contribution in [-0.4, -0.2) is 31.3 Å². The van der Waals surface area contributed by atoms with E-state index in [-0.39, 0.29) is 12.2 Å². The van der Waals surface area contributed by atoms with Gasteiger partial charge in [0.1, 0.15) is 17.1 Å². The highest BCUT2D eigenvalue weighted by atomic mass is 16.5. The molecule has 0 atom stereocenters. The lowest BCUT2D eigenvalue weighted by Gasteiger charge is -2.10. The number of hydrogen-bond acceptors (Lipinski definition) is 5. The normalized spacial score (nSPS) is 10.4. The summed E-state index contributed by atoms with van der Waals surface area (Å²) in [6.07, 6.45) is 1.34. The van der Waals surface area contributed by atoms with E-state index >= 15 is 0 Å². The van der Waals surface area contributed by atoms with Crippen molar-refractivity contribution in [3.63, 3.8) is 0 Å². The second kappa shape index (κ2) is 6.30. The van der Waals surface area contributed by atoms with Gasteiger partial charge in [-0.2, -0.15) is 0 Å². The van der Waals surface area contributed by atoms with Crippen molar-refractivity contribution in [2.75, 3.05) is 20.3 Å². The van der Waals surface area contributed by atoms with E-state index in [1.807, 2.05) is 6.92 Å². The second-order valence-electron chi connectivity index (χ2n) is 4.23. The molecule has 6 heteroatoms.